The minimum absolute atomic E-state index is 0.0669. The zero-order valence-corrected chi connectivity index (χ0v) is 18.9. The van der Waals surface area contributed by atoms with Crippen molar-refractivity contribution in [2.45, 2.75) is 25.7 Å². The first kappa shape index (κ1) is 21.7. The van der Waals surface area contributed by atoms with Crippen LogP contribution in [0, 0.1) is 0 Å². The quantitative estimate of drug-likeness (QED) is 0.218. The summed E-state index contributed by atoms with van der Waals surface area (Å²) in [6.07, 6.45) is 2.00. The van der Waals surface area contributed by atoms with Crippen LogP contribution in [-0.2, 0) is 6.42 Å². The third-order valence-corrected chi connectivity index (χ3v) is 6.48. The molecule has 4 heteroatoms. The second-order valence-electron chi connectivity index (χ2n) is 8.73. The van der Waals surface area contributed by atoms with Crippen LogP contribution in [0.2, 0.25) is 0 Å². The first-order valence-electron chi connectivity index (χ1n) is 11.4. The zero-order valence-electron chi connectivity index (χ0n) is 18.9. The number of fused-ring (bicyclic) bond motifs is 2. The van der Waals surface area contributed by atoms with E-state index in [0.717, 1.165) is 29.2 Å². The Kier molecular flexibility index (Phi) is 5.50. The van der Waals surface area contributed by atoms with Crippen LogP contribution in [0.4, 0.5) is 0 Å². The number of aryl methyl sites for hydroxylation is 1. The molecule has 4 N–H and O–H groups in total. The van der Waals surface area contributed by atoms with Gasteiger partial charge in [0.25, 0.3) is 0 Å². The van der Waals surface area contributed by atoms with Crippen LogP contribution in [0.3, 0.4) is 0 Å². The molecule has 0 aliphatic rings. The lowest BCUT2D eigenvalue weighted by Gasteiger charge is -2.24. The Morgan fingerprint density at radius 3 is 1.53 bits per heavy atom. The molecule has 0 saturated carbocycles. The van der Waals surface area contributed by atoms with Crippen molar-refractivity contribution >= 4 is 21.5 Å². The normalized spacial score (nSPS) is 11.5. The van der Waals surface area contributed by atoms with Crippen molar-refractivity contribution in [3.63, 3.8) is 0 Å². The molecule has 0 bridgehead atoms. The highest BCUT2D eigenvalue weighted by Crippen LogP contribution is 2.47. The molecule has 0 spiro atoms. The molecule has 0 aromatic heterocycles. The van der Waals surface area contributed by atoms with Crippen molar-refractivity contribution in [2.24, 2.45) is 0 Å². The molecule has 0 saturated heterocycles. The third kappa shape index (κ3) is 3.77. The Morgan fingerprint density at radius 2 is 1.06 bits per heavy atom. The molecule has 0 heterocycles. The van der Waals surface area contributed by atoms with Crippen molar-refractivity contribution in [1.29, 1.82) is 0 Å². The molecule has 5 aromatic carbocycles. The summed E-state index contributed by atoms with van der Waals surface area (Å²) in [5.74, 6) is -0.228. The summed E-state index contributed by atoms with van der Waals surface area (Å²) in [7, 11) is 0. The van der Waals surface area contributed by atoms with Gasteiger partial charge in [0, 0.05) is 17.0 Å². The Morgan fingerprint density at radius 1 is 0.588 bits per heavy atom. The van der Waals surface area contributed by atoms with Crippen molar-refractivity contribution in [3.8, 4) is 23.0 Å². The molecular formula is C30H26O4. The molecule has 0 fully saturated rings. The fourth-order valence-corrected chi connectivity index (χ4v) is 4.89. The van der Waals surface area contributed by atoms with Gasteiger partial charge in [-0.25, -0.2) is 0 Å². The summed E-state index contributed by atoms with van der Waals surface area (Å²) in [6, 6.07) is 25.2. The van der Waals surface area contributed by atoms with E-state index in [9.17, 15) is 20.4 Å². The zero-order chi connectivity index (χ0) is 23.8. The Hall–Kier alpha value is -4.18. The average Bonchev–Trinajstić information content (AvgIpc) is 2.83. The standard InChI is InChI=1S/C30H26O4/c1-2-3-18-4-6-21(7-5-18)28(29-24-16-22(31)12-8-19(24)10-14-26(29)33)30-25-17-23(32)13-9-20(25)11-15-27(30)34/h4-17,28,31-34H,2-3H2,1H3. The molecule has 0 atom stereocenters. The van der Waals surface area contributed by atoms with E-state index in [1.54, 1.807) is 36.4 Å². The number of rotatable bonds is 5. The summed E-state index contributed by atoms with van der Waals surface area (Å²) in [5.41, 5.74) is 3.27. The van der Waals surface area contributed by atoms with E-state index in [1.165, 1.54) is 5.56 Å². The van der Waals surface area contributed by atoms with Gasteiger partial charge in [-0.3, -0.25) is 0 Å². The molecule has 0 radical (unpaired) electrons. The predicted molar refractivity (Wildman–Crippen MR) is 136 cm³/mol. The topological polar surface area (TPSA) is 80.9 Å². The Bertz CT molecular complexity index is 1400. The smallest absolute Gasteiger partial charge is 0.120 e. The maximum Gasteiger partial charge on any atom is 0.120 e. The first-order chi connectivity index (χ1) is 16.5. The minimum atomic E-state index is -0.549. The lowest BCUT2D eigenvalue weighted by atomic mass is 9.79. The first-order valence-corrected chi connectivity index (χ1v) is 11.4. The summed E-state index contributed by atoms with van der Waals surface area (Å²) in [4.78, 5) is 0. The number of hydrogen-bond donors (Lipinski definition) is 4. The fraction of sp³-hybridized carbons (Fsp3) is 0.133. The molecule has 0 unspecified atom stereocenters. The molecule has 5 rings (SSSR count). The molecular weight excluding hydrogens is 424 g/mol. The number of aromatic hydroxyl groups is 4. The molecule has 0 aliphatic heterocycles. The second kappa shape index (κ2) is 8.64. The molecule has 170 valence electrons. The largest absolute Gasteiger partial charge is 0.508 e. The van der Waals surface area contributed by atoms with Crippen LogP contribution < -0.4 is 0 Å². The van der Waals surface area contributed by atoms with Gasteiger partial charge in [0.1, 0.15) is 23.0 Å². The van der Waals surface area contributed by atoms with Crippen molar-refractivity contribution < 1.29 is 20.4 Å². The van der Waals surface area contributed by atoms with Gasteiger partial charge in [0.2, 0.25) is 0 Å². The van der Waals surface area contributed by atoms with Gasteiger partial charge in [-0.2, -0.15) is 0 Å². The van der Waals surface area contributed by atoms with E-state index in [2.05, 4.69) is 19.1 Å². The van der Waals surface area contributed by atoms with Crippen molar-refractivity contribution in [1.82, 2.24) is 0 Å². The summed E-state index contributed by atoms with van der Waals surface area (Å²) in [5, 5.41) is 45.9. The Labute approximate surface area is 198 Å². The molecule has 5 aromatic rings. The number of phenols is 4. The monoisotopic (exact) mass is 450 g/mol. The van der Waals surface area contributed by atoms with Gasteiger partial charge in [0.15, 0.2) is 0 Å². The highest BCUT2D eigenvalue weighted by molar-refractivity contribution is 5.94. The number of phenolic OH excluding ortho intramolecular Hbond substituents is 4. The van der Waals surface area contributed by atoms with Gasteiger partial charge < -0.3 is 20.4 Å². The Balaban J connectivity index is 1.88. The SMILES string of the molecule is CCCc1ccc(C(c2c(O)ccc3ccc(O)cc23)c2c(O)ccc3ccc(O)cc23)cc1. The van der Waals surface area contributed by atoms with Gasteiger partial charge >= 0.3 is 0 Å². The molecule has 34 heavy (non-hydrogen) atoms. The van der Waals surface area contributed by atoms with Gasteiger partial charge in [-0.05, 0) is 75.5 Å². The van der Waals surface area contributed by atoms with E-state index in [1.807, 2.05) is 36.4 Å². The van der Waals surface area contributed by atoms with Crippen LogP contribution in [0.1, 0.15) is 41.5 Å². The van der Waals surface area contributed by atoms with Crippen LogP contribution in [0.15, 0.2) is 84.9 Å². The maximum atomic E-state index is 11.1. The van der Waals surface area contributed by atoms with Crippen molar-refractivity contribution in [2.75, 3.05) is 0 Å². The van der Waals surface area contributed by atoms with Crippen LogP contribution >= 0.6 is 0 Å². The van der Waals surface area contributed by atoms with Gasteiger partial charge in [-0.15, -0.1) is 0 Å². The van der Waals surface area contributed by atoms with Gasteiger partial charge in [0.05, 0.1) is 0 Å². The number of hydrogen-bond acceptors (Lipinski definition) is 4. The molecule has 4 nitrogen and oxygen atoms in total. The van der Waals surface area contributed by atoms with Gasteiger partial charge in [-0.1, -0.05) is 61.9 Å². The lowest BCUT2D eigenvalue weighted by Crippen LogP contribution is -2.06. The third-order valence-electron chi connectivity index (χ3n) is 6.48. The highest BCUT2D eigenvalue weighted by atomic mass is 16.3. The van der Waals surface area contributed by atoms with E-state index in [0.29, 0.717) is 21.9 Å². The fourth-order valence-electron chi connectivity index (χ4n) is 4.89. The predicted octanol–water partition coefficient (Wildman–Crippen LogP) is 6.95. The minimum Gasteiger partial charge on any atom is -0.508 e. The second-order valence-corrected chi connectivity index (χ2v) is 8.73. The average molecular weight is 451 g/mol. The lowest BCUT2D eigenvalue weighted by molar-refractivity contribution is 0.460. The molecule has 0 amide bonds. The van der Waals surface area contributed by atoms with Crippen LogP contribution in [0.25, 0.3) is 21.5 Å². The van der Waals surface area contributed by atoms with E-state index >= 15 is 0 Å². The highest BCUT2D eigenvalue weighted by Gasteiger charge is 2.27. The van der Waals surface area contributed by atoms with E-state index in [4.69, 9.17) is 0 Å². The van der Waals surface area contributed by atoms with E-state index in [-0.39, 0.29) is 23.0 Å². The summed E-state index contributed by atoms with van der Waals surface area (Å²) < 4.78 is 0. The maximum absolute atomic E-state index is 11.1. The summed E-state index contributed by atoms with van der Waals surface area (Å²) in [6.45, 7) is 2.14. The van der Waals surface area contributed by atoms with Crippen molar-refractivity contribution in [3.05, 3.63) is 107 Å². The van der Waals surface area contributed by atoms with E-state index < -0.39 is 5.92 Å². The van der Waals surface area contributed by atoms with Crippen LogP contribution in [0.5, 0.6) is 23.0 Å². The van der Waals surface area contributed by atoms with Crippen LogP contribution in [-0.4, -0.2) is 20.4 Å². The summed E-state index contributed by atoms with van der Waals surface area (Å²) >= 11 is 0. The molecule has 0 aliphatic carbocycles. The number of benzene rings is 5.